The summed E-state index contributed by atoms with van der Waals surface area (Å²) in [5, 5.41) is 0. The van der Waals surface area contributed by atoms with Gasteiger partial charge in [0.1, 0.15) is 0 Å². The van der Waals surface area contributed by atoms with Gasteiger partial charge in [-0.05, 0) is 0 Å². The van der Waals surface area contributed by atoms with Crippen LogP contribution in [-0.4, -0.2) is 9.29 Å². The van der Waals surface area contributed by atoms with Gasteiger partial charge in [-0.15, -0.1) is 0 Å². The first-order chi connectivity index (χ1) is 1.41. The Kier molecular flexibility index (Phi) is 64.4. The average molecular weight is 205 g/mol. The Labute approximate surface area is 58.9 Å². The van der Waals surface area contributed by atoms with Crippen molar-refractivity contribution in [3.8, 4) is 0 Å². The molecule has 5 heavy (non-hydrogen) atoms. The molecule has 0 saturated heterocycles. The zero-order chi connectivity index (χ0) is 2.71. The van der Waals surface area contributed by atoms with Crippen LogP contribution in [0.3, 0.4) is 0 Å². The molecule has 0 aromatic carbocycles. The second-order valence-electron chi connectivity index (χ2n) is 0.0833. The summed E-state index contributed by atoms with van der Waals surface area (Å²) in [6, 6.07) is 0. The molecule has 0 fully saturated rings. The van der Waals surface area contributed by atoms with Crippen LogP contribution in [0.5, 0.6) is 0 Å². The van der Waals surface area contributed by atoms with Crippen LogP contribution < -0.4 is 0 Å². The van der Waals surface area contributed by atoms with Gasteiger partial charge in [-0.1, -0.05) is 0 Å². The van der Waals surface area contributed by atoms with Gasteiger partial charge in [0.25, 0.3) is 0 Å². The number of hydrogen-bond acceptors (Lipinski definition) is 2. The molecule has 0 N–H and O–H groups in total. The summed E-state index contributed by atoms with van der Waals surface area (Å²) in [7, 11) is -1.42. The number of hydrogen-bond donors (Lipinski definition) is 0. The molecule has 0 rings (SSSR count). The monoisotopic (exact) mass is 206 g/mol. The SMILES string of the molecule is O=[Si]=O.[Cd+2].[S-2]. The van der Waals surface area contributed by atoms with Crippen molar-refractivity contribution in [2.75, 3.05) is 0 Å². The first kappa shape index (κ1) is 16.5. The van der Waals surface area contributed by atoms with Crippen molar-refractivity contribution in [3.63, 3.8) is 0 Å². The van der Waals surface area contributed by atoms with Crippen molar-refractivity contribution < 1.29 is 36.2 Å². The Morgan fingerprint density at radius 1 is 1.20 bits per heavy atom. The molecule has 0 bridgehead atoms. The average Bonchev–Trinajstić information content (AvgIpc) is 0.918. The van der Waals surface area contributed by atoms with E-state index in [4.69, 9.17) is 8.92 Å². The molecule has 0 atom stereocenters. The molecule has 0 aliphatic carbocycles. The van der Waals surface area contributed by atoms with Crippen LogP contribution in [0, 0.1) is 0 Å². The van der Waals surface area contributed by atoms with Crippen molar-refractivity contribution in [2.45, 2.75) is 0 Å². The van der Waals surface area contributed by atoms with E-state index >= 15 is 0 Å². The van der Waals surface area contributed by atoms with Crippen molar-refractivity contribution in [3.05, 3.63) is 0 Å². The molecule has 0 aliphatic heterocycles. The first-order valence-electron chi connectivity index (χ1n) is 0.408. The largest absolute Gasteiger partial charge is 2.00 e. The minimum absolute atomic E-state index is 0. The Balaban J connectivity index is -0.0000000200. The second kappa shape index (κ2) is 19.5. The molecule has 5 heteroatoms. The van der Waals surface area contributed by atoms with E-state index in [1.54, 1.807) is 0 Å². The van der Waals surface area contributed by atoms with Crippen molar-refractivity contribution in [2.24, 2.45) is 0 Å². The van der Waals surface area contributed by atoms with Crippen molar-refractivity contribution in [1.82, 2.24) is 0 Å². The van der Waals surface area contributed by atoms with E-state index in [1.165, 1.54) is 0 Å². The topological polar surface area (TPSA) is 34.1 Å². The van der Waals surface area contributed by atoms with E-state index in [1.807, 2.05) is 0 Å². The molecule has 0 saturated carbocycles. The Bertz CT molecular complexity index is 30.6. The van der Waals surface area contributed by atoms with E-state index in [2.05, 4.69) is 0 Å². The third-order valence-electron chi connectivity index (χ3n) is 0. The van der Waals surface area contributed by atoms with Gasteiger partial charge >= 0.3 is 36.6 Å². The van der Waals surface area contributed by atoms with Crippen LogP contribution in [0.25, 0.3) is 0 Å². The quantitative estimate of drug-likeness (QED) is 0.493. The van der Waals surface area contributed by atoms with Crippen molar-refractivity contribution >= 4 is 22.8 Å². The van der Waals surface area contributed by atoms with Crippen LogP contribution in [0.2, 0.25) is 0 Å². The Morgan fingerprint density at radius 2 is 1.20 bits per heavy atom. The van der Waals surface area contributed by atoms with Crippen LogP contribution in [-0.2, 0) is 49.7 Å². The predicted octanol–water partition coefficient (Wildman–Crippen LogP) is -0.623. The molecule has 0 amide bonds. The van der Waals surface area contributed by atoms with Gasteiger partial charge in [-0.2, -0.15) is 0 Å². The minimum atomic E-state index is -1.42. The van der Waals surface area contributed by atoms with Gasteiger partial charge in [0, 0.05) is 0 Å². The zero-order valence-electron chi connectivity index (χ0n) is 2.43. The standard InChI is InChI=1S/Cd.O2Si.S/c;1-3-2;/q+2;;-2. The fourth-order valence-electron chi connectivity index (χ4n) is 0. The van der Waals surface area contributed by atoms with Crippen molar-refractivity contribution in [1.29, 1.82) is 0 Å². The summed E-state index contributed by atoms with van der Waals surface area (Å²) >= 11 is 0. The smallest absolute Gasteiger partial charge is 2.00 e. The molecular formula is CdO2SSi. The molecule has 0 heterocycles. The summed E-state index contributed by atoms with van der Waals surface area (Å²) in [5.41, 5.74) is 0. The predicted molar refractivity (Wildman–Crippen MR) is 14.5 cm³/mol. The summed E-state index contributed by atoms with van der Waals surface area (Å²) in [6.07, 6.45) is 0. The van der Waals surface area contributed by atoms with E-state index in [-0.39, 0.29) is 40.8 Å². The fourth-order valence-corrected chi connectivity index (χ4v) is 0. The Hall–Kier alpha value is 1.09. The third-order valence-corrected chi connectivity index (χ3v) is 0. The summed E-state index contributed by atoms with van der Waals surface area (Å²) in [5.74, 6) is 0. The molecule has 2 nitrogen and oxygen atoms in total. The Morgan fingerprint density at radius 3 is 1.20 bits per heavy atom. The molecule has 0 radical (unpaired) electrons. The maximum absolute atomic E-state index is 8.40. The van der Waals surface area contributed by atoms with Crippen LogP contribution in [0.1, 0.15) is 0 Å². The van der Waals surface area contributed by atoms with Gasteiger partial charge in [0.15, 0.2) is 0 Å². The van der Waals surface area contributed by atoms with E-state index in [0.717, 1.165) is 0 Å². The third kappa shape index (κ3) is 40.9. The van der Waals surface area contributed by atoms with Crippen LogP contribution in [0.15, 0.2) is 0 Å². The van der Waals surface area contributed by atoms with Gasteiger partial charge in [-0.3, -0.25) is 8.92 Å². The summed E-state index contributed by atoms with van der Waals surface area (Å²) in [6.45, 7) is 0. The van der Waals surface area contributed by atoms with Gasteiger partial charge < -0.3 is 13.5 Å². The van der Waals surface area contributed by atoms with Gasteiger partial charge in [-0.25, -0.2) is 0 Å². The van der Waals surface area contributed by atoms with E-state index in [9.17, 15) is 0 Å². The molecule has 0 aliphatic rings. The minimum Gasteiger partial charge on any atom is -2.00 e. The summed E-state index contributed by atoms with van der Waals surface area (Å²) < 4.78 is 16.8. The van der Waals surface area contributed by atoms with Crippen LogP contribution >= 0.6 is 0 Å². The summed E-state index contributed by atoms with van der Waals surface area (Å²) in [4.78, 5) is 0. The molecule has 0 unspecified atom stereocenters. The van der Waals surface area contributed by atoms with Gasteiger partial charge in [0.2, 0.25) is 0 Å². The first-order valence-corrected chi connectivity index (χ1v) is 1.22. The normalized spacial score (nSPS) is 1.60. The second-order valence-corrected chi connectivity index (χ2v) is 0.250. The van der Waals surface area contributed by atoms with E-state index < -0.39 is 9.29 Å². The fraction of sp³-hybridized carbons (Fsp3) is 0. The maximum Gasteiger partial charge on any atom is 2.00 e. The zero-order valence-corrected chi connectivity index (χ0v) is 8.28. The molecular weight excluding hydrogens is 205 g/mol. The number of rotatable bonds is 0. The molecule has 24 valence electrons. The van der Waals surface area contributed by atoms with Gasteiger partial charge in [0.05, 0.1) is 0 Å². The molecule has 0 aromatic rings. The molecule has 0 spiro atoms. The maximum atomic E-state index is 8.40. The molecule has 0 aromatic heterocycles. The van der Waals surface area contributed by atoms with E-state index in [0.29, 0.717) is 0 Å². The van der Waals surface area contributed by atoms with Crippen LogP contribution in [0.4, 0.5) is 0 Å².